The molecule has 0 bridgehead atoms. The number of halogens is 2. The third-order valence-electron chi connectivity index (χ3n) is 6.23. The number of aryl methyl sites for hydroxylation is 2. The number of benzene rings is 1. The van der Waals surface area contributed by atoms with Gasteiger partial charge in [0.15, 0.2) is 23.2 Å². The van der Waals surface area contributed by atoms with Gasteiger partial charge in [-0.1, -0.05) is 0 Å². The summed E-state index contributed by atoms with van der Waals surface area (Å²) in [7, 11) is 3.00. The summed E-state index contributed by atoms with van der Waals surface area (Å²) in [6.45, 7) is 1.07. The summed E-state index contributed by atoms with van der Waals surface area (Å²) in [5, 5.41) is 4.31. The number of amides is 1. The Morgan fingerprint density at radius 1 is 1.15 bits per heavy atom. The summed E-state index contributed by atoms with van der Waals surface area (Å²) in [5.74, 6) is -0.242. The van der Waals surface area contributed by atoms with Crippen molar-refractivity contribution in [3.63, 3.8) is 0 Å². The van der Waals surface area contributed by atoms with Crippen molar-refractivity contribution >= 4 is 17.4 Å². The largest absolute Gasteiger partial charge is 0.491 e. The van der Waals surface area contributed by atoms with Gasteiger partial charge in [-0.15, -0.1) is 0 Å². The van der Waals surface area contributed by atoms with E-state index in [0.717, 1.165) is 36.5 Å². The SMILES string of the molecule is COc1c(F)cc(Cn2cc(CCc3ncc4c(n3)N3CCCC3C(=O)N4C)cn2)cc1F. The molecule has 172 valence electrons. The lowest BCUT2D eigenvalue weighted by atomic mass is 10.1. The molecular weight excluding hydrogens is 430 g/mol. The maximum Gasteiger partial charge on any atom is 0.249 e. The lowest BCUT2D eigenvalue weighted by molar-refractivity contribution is -0.119. The van der Waals surface area contributed by atoms with Crippen LogP contribution in [0, 0.1) is 11.6 Å². The Bertz CT molecular complexity index is 1190. The van der Waals surface area contributed by atoms with Crippen molar-refractivity contribution in [1.29, 1.82) is 0 Å². The molecule has 2 aromatic heterocycles. The molecule has 10 heteroatoms. The summed E-state index contributed by atoms with van der Waals surface area (Å²) >= 11 is 0. The maximum atomic E-state index is 13.9. The fourth-order valence-corrected chi connectivity index (χ4v) is 4.55. The Balaban J connectivity index is 1.27. The summed E-state index contributed by atoms with van der Waals surface area (Å²) in [4.78, 5) is 25.5. The number of ether oxygens (including phenoxy) is 1. The van der Waals surface area contributed by atoms with Gasteiger partial charge in [0.2, 0.25) is 5.91 Å². The van der Waals surface area contributed by atoms with Crippen LogP contribution in [0.1, 0.15) is 29.8 Å². The molecule has 1 saturated heterocycles. The van der Waals surface area contributed by atoms with E-state index in [1.807, 2.05) is 6.20 Å². The topological polar surface area (TPSA) is 76.4 Å². The second-order valence-corrected chi connectivity index (χ2v) is 8.38. The van der Waals surface area contributed by atoms with Crippen LogP contribution in [0.3, 0.4) is 0 Å². The minimum Gasteiger partial charge on any atom is -0.491 e. The number of carbonyl (C=O) groups is 1. The fourth-order valence-electron chi connectivity index (χ4n) is 4.55. The molecule has 1 amide bonds. The van der Waals surface area contributed by atoms with Crippen LogP contribution < -0.4 is 14.5 Å². The van der Waals surface area contributed by atoms with Crippen molar-refractivity contribution in [3.05, 3.63) is 59.3 Å². The second-order valence-electron chi connectivity index (χ2n) is 8.38. The number of hydrogen-bond acceptors (Lipinski definition) is 6. The van der Waals surface area contributed by atoms with E-state index < -0.39 is 11.6 Å². The first-order valence-corrected chi connectivity index (χ1v) is 10.9. The Hall–Kier alpha value is -3.56. The smallest absolute Gasteiger partial charge is 0.249 e. The van der Waals surface area contributed by atoms with Gasteiger partial charge in [0.05, 0.1) is 26.0 Å². The standard InChI is InChI=1S/C23H24F2N6O2/c1-29-19-11-26-20(28-22(19)31-7-3-4-18(31)23(29)32)6-5-14-10-27-30(12-14)13-15-8-16(24)21(33-2)17(25)9-15/h8-12,18H,3-7,13H2,1-2H3. The van der Waals surface area contributed by atoms with Crippen LogP contribution >= 0.6 is 0 Å². The summed E-state index contributed by atoms with van der Waals surface area (Å²) in [6.07, 6.45) is 8.41. The lowest BCUT2D eigenvalue weighted by Crippen LogP contribution is -2.49. The maximum absolute atomic E-state index is 13.9. The number of carbonyl (C=O) groups excluding carboxylic acids is 1. The second kappa shape index (κ2) is 8.42. The minimum atomic E-state index is -0.739. The number of likely N-dealkylation sites (N-methyl/N-ethyl adjacent to an activating group) is 1. The molecule has 1 aromatic carbocycles. The highest BCUT2D eigenvalue weighted by Crippen LogP contribution is 2.37. The van der Waals surface area contributed by atoms with E-state index in [4.69, 9.17) is 9.72 Å². The Labute approximate surface area is 189 Å². The van der Waals surface area contributed by atoms with Crippen molar-refractivity contribution in [2.75, 3.05) is 30.5 Å². The van der Waals surface area contributed by atoms with Crippen LogP contribution in [-0.2, 0) is 24.2 Å². The molecule has 2 aliphatic heterocycles. The Kier molecular flexibility index (Phi) is 5.43. The number of hydrogen-bond donors (Lipinski definition) is 0. The number of methoxy groups -OCH3 is 1. The molecule has 8 nitrogen and oxygen atoms in total. The monoisotopic (exact) mass is 454 g/mol. The first-order chi connectivity index (χ1) is 15.9. The number of aromatic nitrogens is 4. The number of anilines is 2. The summed E-state index contributed by atoms with van der Waals surface area (Å²) in [5.41, 5.74) is 2.17. The normalized spacial score (nSPS) is 17.3. The fraction of sp³-hybridized carbons (Fsp3) is 0.391. The molecule has 0 aliphatic carbocycles. The van der Waals surface area contributed by atoms with Crippen molar-refractivity contribution in [2.24, 2.45) is 0 Å². The van der Waals surface area contributed by atoms with Crippen LogP contribution in [0.4, 0.5) is 20.3 Å². The molecule has 0 spiro atoms. The average Bonchev–Trinajstić information content (AvgIpc) is 3.46. The number of nitrogens with zero attached hydrogens (tertiary/aromatic N) is 6. The van der Waals surface area contributed by atoms with E-state index in [0.29, 0.717) is 24.2 Å². The van der Waals surface area contributed by atoms with Crippen LogP contribution in [-0.4, -0.2) is 52.4 Å². The molecule has 2 aliphatic rings. The molecule has 1 fully saturated rings. The molecule has 3 aromatic rings. The lowest BCUT2D eigenvalue weighted by Gasteiger charge is -2.36. The van der Waals surface area contributed by atoms with E-state index in [1.54, 1.807) is 29.0 Å². The van der Waals surface area contributed by atoms with Gasteiger partial charge in [0.25, 0.3) is 0 Å². The van der Waals surface area contributed by atoms with Gasteiger partial charge < -0.3 is 14.5 Å². The first-order valence-electron chi connectivity index (χ1n) is 10.9. The van der Waals surface area contributed by atoms with E-state index in [9.17, 15) is 13.6 Å². The third-order valence-corrected chi connectivity index (χ3v) is 6.23. The molecule has 1 unspecified atom stereocenters. The van der Waals surface area contributed by atoms with Crippen molar-refractivity contribution in [2.45, 2.75) is 38.3 Å². The van der Waals surface area contributed by atoms with Crippen LogP contribution in [0.15, 0.2) is 30.7 Å². The van der Waals surface area contributed by atoms with Gasteiger partial charge >= 0.3 is 0 Å². The van der Waals surface area contributed by atoms with Gasteiger partial charge in [0.1, 0.15) is 17.6 Å². The molecule has 0 saturated carbocycles. The van der Waals surface area contributed by atoms with Crippen molar-refractivity contribution < 1.29 is 18.3 Å². The van der Waals surface area contributed by atoms with E-state index in [1.165, 1.54) is 19.2 Å². The Morgan fingerprint density at radius 3 is 2.70 bits per heavy atom. The van der Waals surface area contributed by atoms with Gasteiger partial charge in [0, 0.05) is 26.2 Å². The summed E-state index contributed by atoms with van der Waals surface area (Å²) < 4.78 is 34.2. The zero-order chi connectivity index (χ0) is 23.1. The van der Waals surface area contributed by atoms with Gasteiger partial charge in [-0.3, -0.25) is 9.48 Å². The first kappa shape index (κ1) is 21.3. The highest BCUT2D eigenvalue weighted by atomic mass is 19.1. The van der Waals surface area contributed by atoms with Gasteiger partial charge in [-0.05, 0) is 42.5 Å². The van der Waals surface area contributed by atoms with Crippen molar-refractivity contribution in [3.8, 4) is 5.75 Å². The van der Waals surface area contributed by atoms with Crippen LogP contribution in [0.25, 0.3) is 0 Å². The molecule has 0 N–H and O–H groups in total. The zero-order valence-corrected chi connectivity index (χ0v) is 18.5. The predicted octanol–water partition coefficient (Wildman–Crippen LogP) is 2.74. The van der Waals surface area contributed by atoms with E-state index >= 15 is 0 Å². The minimum absolute atomic E-state index is 0.0976. The number of rotatable bonds is 6. The molecule has 1 atom stereocenters. The zero-order valence-electron chi connectivity index (χ0n) is 18.5. The molecule has 5 rings (SSSR count). The van der Waals surface area contributed by atoms with E-state index in [2.05, 4.69) is 15.0 Å². The summed E-state index contributed by atoms with van der Waals surface area (Å²) in [6, 6.07) is 2.37. The highest BCUT2D eigenvalue weighted by molar-refractivity contribution is 6.04. The van der Waals surface area contributed by atoms with Gasteiger partial charge in [-0.25, -0.2) is 18.7 Å². The molecule has 33 heavy (non-hydrogen) atoms. The predicted molar refractivity (Wildman–Crippen MR) is 117 cm³/mol. The van der Waals surface area contributed by atoms with E-state index in [-0.39, 0.29) is 24.2 Å². The molecule has 4 heterocycles. The van der Waals surface area contributed by atoms with Crippen LogP contribution in [0.2, 0.25) is 0 Å². The van der Waals surface area contributed by atoms with Crippen LogP contribution in [0.5, 0.6) is 5.75 Å². The average molecular weight is 454 g/mol. The third kappa shape index (κ3) is 3.90. The molecule has 0 radical (unpaired) electrons. The van der Waals surface area contributed by atoms with Crippen molar-refractivity contribution in [1.82, 2.24) is 19.7 Å². The molecular formula is C23H24F2N6O2. The highest BCUT2D eigenvalue weighted by Gasteiger charge is 2.40. The number of fused-ring (bicyclic) bond motifs is 3. The quantitative estimate of drug-likeness (QED) is 0.570. The Morgan fingerprint density at radius 2 is 1.94 bits per heavy atom. The van der Waals surface area contributed by atoms with Gasteiger partial charge in [-0.2, -0.15) is 5.10 Å².